The van der Waals surface area contributed by atoms with Crippen molar-refractivity contribution in [2.75, 3.05) is 13.1 Å². The number of rotatable bonds is 14. The van der Waals surface area contributed by atoms with E-state index in [1.807, 2.05) is 6.92 Å². The summed E-state index contributed by atoms with van der Waals surface area (Å²) in [7, 11) is 0. The minimum absolute atomic E-state index is 0.293. The van der Waals surface area contributed by atoms with Crippen LogP contribution < -0.4 is 16.2 Å². The maximum absolute atomic E-state index is 11.4. The number of aliphatic carboxylic acids is 1. The van der Waals surface area contributed by atoms with E-state index in [2.05, 4.69) is 18.0 Å². The van der Waals surface area contributed by atoms with Gasteiger partial charge in [-0.2, -0.15) is 0 Å². The van der Waals surface area contributed by atoms with E-state index in [0.29, 0.717) is 13.0 Å². The van der Waals surface area contributed by atoms with Crippen molar-refractivity contribution in [3.05, 3.63) is 0 Å². The van der Waals surface area contributed by atoms with Crippen LogP contribution in [0.1, 0.15) is 65.2 Å². The number of carboxylic acid groups (broad SMARTS) is 1. The lowest BCUT2D eigenvalue weighted by molar-refractivity contribution is -0.368. The zero-order valence-electron chi connectivity index (χ0n) is 16.6. The van der Waals surface area contributed by atoms with E-state index in [4.69, 9.17) is 5.11 Å². The normalized spacial score (nSPS) is 15.1. The molecule has 0 aromatic rings. The number of unbranched alkanes of at least 4 members (excludes halogenated alkanes) is 6. The Hall–Kier alpha value is -1.26. The largest absolute Gasteiger partial charge is 0.547 e. The molecule has 4 atom stereocenters. The van der Waals surface area contributed by atoms with Crippen LogP contribution in [0.5, 0.6) is 0 Å². The third kappa shape index (κ3) is 14.5. The highest BCUT2D eigenvalue weighted by molar-refractivity contribution is 5.81. The summed E-state index contributed by atoms with van der Waals surface area (Å²) in [6.07, 6.45) is 0.277. The van der Waals surface area contributed by atoms with Gasteiger partial charge in [0.05, 0.1) is 12.5 Å². The van der Waals surface area contributed by atoms with Gasteiger partial charge in [-0.15, -0.1) is 0 Å². The topological polar surface area (TPSA) is 178 Å². The number of aliphatic hydroxyl groups is 4. The molecule has 0 unspecified atom stereocenters. The quantitative estimate of drug-likeness (QED) is 0.179. The molecule has 9 nitrogen and oxygen atoms in total. The van der Waals surface area contributed by atoms with Crippen molar-refractivity contribution in [2.24, 2.45) is 0 Å². The van der Waals surface area contributed by atoms with Crippen LogP contribution in [0, 0.1) is 0 Å². The lowest BCUT2D eigenvalue weighted by atomic mass is 10.0. The Morgan fingerprint density at radius 2 is 1.33 bits per heavy atom. The number of quaternary nitrogens is 1. The van der Waals surface area contributed by atoms with Gasteiger partial charge in [-0.25, -0.2) is 0 Å². The van der Waals surface area contributed by atoms with Crippen LogP contribution in [0.15, 0.2) is 0 Å². The molecule has 0 aliphatic heterocycles. The average molecular weight is 395 g/mol. The van der Waals surface area contributed by atoms with E-state index in [1.165, 1.54) is 25.7 Å². The van der Waals surface area contributed by atoms with Crippen LogP contribution in [0.25, 0.3) is 0 Å². The summed E-state index contributed by atoms with van der Waals surface area (Å²) in [6.45, 7) is 5.66. The molecule has 0 fully saturated rings. The average Bonchev–Trinajstić information content (AvgIpc) is 2.66. The third-order valence-electron chi connectivity index (χ3n) is 3.94. The van der Waals surface area contributed by atoms with Gasteiger partial charge in [0.1, 0.15) is 18.3 Å². The minimum atomic E-state index is -2.39. The highest BCUT2D eigenvalue weighted by Crippen LogP contribution is 2.05. The summed E-state index contributed by atoms with van der Waals surface area (Å²) >= 11 is 0. The number of hydrogen-bond donors (Lipinski definition) is 6. The maximum atomic E-state index is 11.4. The Balaban J connectivity index is 0. The first-order valence-electron chi connectivity index (χ1n) is 9.74. The van der Waals surface area contributed by atoms with Gasteiger partial charge in [0, 0.05) is 6.54 Å². The molecule has 0 bridgehead atoms. The lowest BCUT2D eigenvalue weighted by Gasteiger charge is -2.26. The van der Waals surface area contributed by atoms with Gasteiger partial charge < -0.3 is 41.4 Å². The van der Waals surface area contributed by atoms with E-state index in [-0.39, 0.29) is 0 Å². The predicted molar refractivity (Wildman–Crippen MR) is 98.1 cm³/mol. The summed E-state index contributed by atoms with van der Waals surface area (Å²) < 4.78 is 0. The highest BCUT2D eigenvalue weighted by atomic mass is 16.4. The summed E-state index contributed by atoms with van der Waals surface area (Å²) in [5, 5.41) is 49.7. The monoisotopic (exact) mass is 394 g/mol. The third-order valence-corrected chi connectivity index (χ3v) is 3.94. The van der Waals surface area contributed by atoms with Gasteiger partial charge in [-0.05, 0) is 19.3 Å². The Labute approximate surface area is 161 Å². The Kier molecular flexibility index (Phi) is 18.8. The number of amides is 1. The molecule has 8 N–H and O–H groups in total. The molecular weight excluding hydrogens is 356 g/mol. The van der Waals surface area contributed by atoms with Gasteiger partial charge in [-0.3, -0.25) is 4.79 Å². The van der Waals surface area contributed by atoms with Gasteiger partial charge in [0.15, 0.2) is 6.10 Å². The van der Waals surface area contributed by atoms with Gasteiger partial charge in [0.2, 0.25) is 0 Å². The number of carbonyl (C=O) groups is 2. The molecule has 0 spiro atoms. The molecule has 0 saturated carbocycles. The van der Waals surface area contributed by atoms with Crippen LogP contribution >= 0.6 is 0 Å². The number of carboxylic acids is 1. The molecule has 0 heterocycles. The van der Waals surface area contributed by atoms with E-state index in [9.17, 15) is 30.0 Å². The van der Waals surface area contributed by atoms with E-state index < -0.39 is 36.3 Å². The molecule has 0 saturated heterocycles. The first-order valence-corrected chi connectivity index (χ1v) is 9.74. The van der Waals surface area contributed by atoms with E-state index in [0.717, 1.165) is 25.8 Å². The molecule has 0 aliphatic carbocycles. The summed E-state index contributed by atoms with van der Waals surface area (Å²) in [4.78, 5) is 21.7. The maximum Gasteiger partial charge on any atom is 0.251 e. The van der Waals surface area contributed by atoms with Crippen molar-refractivity contribution in [3.63, 3.8) is 0 Å². The van der Waals surface area contributed by atoms with Crippen molar-refractivity contribution in [2.45, 2.75) is 89.6 Å². The molecule has 9 heteroatoms. The number of hydrogen-bond acceptors (Lipinski definition) is 7. The molecule has 27 heavy (non-hydrogen) atoms. The van der Waals surface area contributed by atoms with Crippen molar-refractivity contribution in [3.8, 4) is 0 Å². The second-order valence-corrected chi connectivity index (χ2v) is 6.46. The molecule has 1 amide bonds. The summed E-state index contributed by atoms with van der Waals surface area (Å²) in [6, 6.07) is 0. The zero-order valence-corrected chi connectivity index (χ0v) is 16.6. The van der Waals surface area contributed by atoms with Crippen LogP contribution in [0.4, 0.5) is 0 Å². The molecule has 0 aromatic heterocycles. The van der Waals surface area contributed by atoms with Crippen molar-refractivity contribution >= 4 is 11.9 Å². The van der Waals surface area contributed by atoms with Crippen LogP contribution in [0.3, 0.4) is 0 Å². The van der Waals surface area contributed by atoms with Crippen LogP contribution in [0.2, 0.25) is 0 Å². The summed E-state index contributed by atoms with van der Waals surface area (Å²) in [5.74, 6) is -2.96. The fourth-order valence-electron chi connectivity index (χ4n) is 2.14. The van der Waals surface area contributed by atoms with Crippen molar-refractivity contribution in [1.82, 2.24) is 5.32 Å². The second-order valence-electron chi connectivity index (χ2n) is 6.46. The van der Waals surface area contributed by atoms with E-state index in [1.54, 1.807) is 0 Å². The number of carbonyl (C=O) groups excluding carboxylic acids is 2. The second kappa shape index (κ2) is 18.1. The first-order chi connectivity index (χ1) is 12.7. The Morgan fingerprint density at radius 3 is 1.78 bits per heavy atom. The van der Waals surface area contributed by atoms with Crippen molar-refractivity contribution in [1.29, 1.82) is 0 Å². The standard InChI is InChI=1S/C12H23NO7.C6H15N/c1-2-3-4-5-6-13-11(18)9(16)7(14)8(15)10(17)12(19)20;1-2-3-4-5-6-7/h7-10,14-17H,2-6H2,1H3,(H,13,18)(H,19,20);2-7H2,1H3/t7-,8-,9+,10-;/m1./s1. The zero-order chi connectivity index (χ0) is 21.2. The van der Waals surface area contributed by atoms with Gasteiger partial charge >= 0.3 is 0 Å². The molecule has 0 radical (unpaired) electrons. The SMILES string of the molecule is CCCCCCNC(=O)[C@@H](O)[C@H](O)[C@@H](O)[C@@H](O)C(=O)[O-].CCCCCC[NH3+]. The molecule has 0 aliphatic rings. The summed E-state index contributed by atoms with van der Waals surface area (Å²) in [5.41, 5.74) is 3.76. The smallest absolute Gasteiger partial charge is 0.251 e. The lowest BCUT2D eigenvalue weighted by Crippen LogP contribution is -2.55. The molecule has 0 rings (SSSR count). The van der Waals surface area contributed by atoms with Crippen molar-refractivity contribution < 1.29 is 40.9 Å². The molecule has 162 valence electrons. The fraction of sp³-hybridized carbons (Fsp3) is 0.889. The van der Waals surface area contributed by atoms with Crippen LogP contribution in [-0.2, 0) is 9.59 Å². The van der Waals surface area contributed by atoms with Gasteiger partial charge in [0.25, 0.3) is 5.91 Å². The van der Waals surface area contributed by atoms with Crippen LogP contribution in [-0.4, -0.2) is 69.8 Å². The van der Waals surface area contributed by atoms with E-state index >= 15 is 0 Å². The Bertz CT molecular complexity index is 379. The predicted octanol–water partition coefficient (Wildman–Crippen LogP) is -2.31. The highest BCUT2D eigenvalue weighted by Gasteiger charge is 2.34. The number of nitrogens with one attached hydrogen (secondary N) is 1. The number of aliphatic hydroxyl groups excluding tert-OH is 4. The molecular formula is C18H38N2O7. The minimum Gasteiger partial charge on any atom is -0.547 e. The van der Waals surface area contributed by atoms with Gasteiger partial charge in [-0.1, -0.05) is 46.0 Å². The fourth-order valence-corrected chi connectivity index (χ4v) is 2.14. The first kappa shape index (κ1) is 28.0. The molecule has 0 aromatic carbocycles. The Morgan fingerprint density at radius 1 is 0.852 bits per heavy atom.